The van der Waals surface area contributed by atoms with Gasteiger partial charge in [0.25, 0.3) is 0 Å². The van der Waals surface area contributed by atoms with Crippen molar-refractivity contribution in [3.8, 4) is 0 Å². The van der Waals surface area contributed by atoms with Crippen molar-refractivity contribution in [1.29, 1.82) is 0 Å². The predicted octanol–water partition coefficient (Wildman–Crippen LogP) is 4.39. The number of thioether (sulfide) groups is 1. The summed E-state index contributed by atoms with van der Waals surface area (Å²) in [7, 11) is 0. The molecule has 106 valence electrons. The molecule has 0 aliphatic carbocycles. The number of nitrogens with one attached hydrogen (secondary N) is 1. The highest BCUT2D eigenvalue weighted by molar-refractivity contribution is 9.10. The molecule has 1 aliphatic heterocycles. The molecular weight excluding hydrogens is 325 g/mol. The first-order chi connectivity index (χ1) is 9.03. The second-order valence-corrected chi connectivity index (χ2v) is 7.90. The van der Waals surface area contributed by atoms with Gasteiger partial charge < -0.3 is 5.32 Å². The molecule has 0 radical (unpaired) electrons. The van der Waals surface area contributed by atoms with Crippen molar-refractivity contribution in [2.24, 2.45) is 0 Å². The molecule has 1 aliphatic rings. The van der Waals surface area contributed by atoms with Crippen LogP contribution in [0.15, 0.2) is 22.7 Å². The molecule has 0 amide bonds. The molecule has 0 spiro atoms. The fourth-order valence-corrected chi connectivity index (χ4v) is 4.71. The molecule has 0 saturated carbocycles. The lowest BCUT2D eigenvalue weighted by Crippen LogP contribution is -2.46. The van der Waals surface area contributed by atoms with E-state index in [1.54, 1.807) is 6.07 Å². The zero-order valence-electron chi connectivity index (χ0n) is 11.5. The number of benzene rings is 1. The zero-order valence-corrected chi connectivity index (χ0v) is 13.9. The van der Waals surface area contributed by atoms with E-state index in [0.29, 0.717) is 6.04 Å². The minimum atomic E-state index is -0.163. The summed E-state index contributed by atoms with van der Waals surface area (Å²) in [5.74, 6) is 1.08. The van der Waals surface area contributed by atoms with E-state index in [2.05, 4.69) is 46.9 Å². The van der Waals surface area contributed by atoms with Gasteiger partial charge in [0.2, 0.25) is 0 Å². The van der Waals surface area contributed by atoms with Crippen LogP contribution in [-0.4, -0.2) is 23.1 Å². The summed E-state index contributed by atoms with van der Waals surface area (Å²) in [5, 5.41) is 3.59. The van der Waals surface area contributed by atoms with Crippen molar-refractivity contribution >= 4 is 27.7 Å². The third-order valence-corrected chi connectivity index (χ3v) is 5.90. The van der Waals surface area contributed by atoms with Crippen molar-refractivity contribution < 1.29 is 4.39 Å². The summed E-state index contributed by atoms with van der Waals surface area (Å²) >= 11 is 5.43. The van der Waals surface area contributed by atoms with Gasteiger partial charge in [-0.15, -0.1) is 0 Å². The second-order valence-electron chi connectivity index (χ2n) is 5.36. The topological polar surface area (TPSA) is 12.0 Å². The van der Waals surface area contributed by atoms with Gasteiger partial charge in [-0.1, -0.05) is 22.9 Å². The monoisotopic (exact) mass is 345 g/mol. The Morgan fingerprint density at radius 1 is 1.47 bits per heavy atom. The van der Waals surface area contributed by atoms with Gasteiger partial charge in [-0.2, -0.15) is 11.8 Å². The summed E-state index contributed by atoms with van der Waals surface area (Å²) in [6.45, 7) is 5.43. The number of halogens is 2. The summed E-state index contributed by atoms with van der Waals surface area (Å²) in [5.41, 5.74) is 1.06. The molecule has 2 unspecified atom stereocenters. The average Bonchev–Trinajstić information content (AvgIpc) is 2.75. The quantitative estimate of drug-likeness (QED) is 0.848. The van der Waals surface area contributed by atoms with Crippen LogP contribution in [0.5, 0.6) is 0 Å². The van der Waals surface area contributed by atoms with Crippen LogP contribution >= 0.6 is 27.7 Å². The van der Waals surface area contributed by atoms with Gasteiger partial charge in [0.05, 0.1) is 0 Å². The molecule has 1 aromatic rings. The Labute approximate surface area is 127 Å². The first kappa shape index (κ1) is 15.3. The SMILES string of the molecule is CCNC(Cc1cc(F)cc(Br)c1)C1(C)CCCS1. The van der Waals surface area contributed by atoms with E-state index in [4.69, 9.17) is 0 Å². The maximum absolute atomic E-state index is 13.5. The Morgan fingerprint density at radius 3 is 2.84 bits per heavy atom. The molecule has 1 nitrogen and oxygen atoms in total. The van der Waals surface area contributed by atoms with Crippen LogP contribution in [0.4, 0.5) is 4.39 Å². The molecule has 0 aromatic heterocycles. The van der Waals surface area contributed by atoms with Crippen LogP contribution < -0.4 is 5.32 Å². The lowest BCUT2D eigenvalue weighted by Gasteiger charge is -2.34. The highest BCUT2D eigenvalue weighted by Crippen LogP contribution is 2.41. The molecule has 1 aromatic carbocycles. The fraction of sp³-hybridized carbons (Fsp3) is 0.600. The molecule has 19 heavy (non-hydrogen) atoms. The smallest absolute Gasteiger partial charge is 0.124 e. The second kappa shape index (κ2) is 6.59. The number of hydrogen-bond acceptors (Lipinski definition) is 2. The summed E-state index contributed by atoms with van der Waals surface area (Å²) in [6, 6.07) is 5.59. The van der Waals surface area contributed by atoms with E-state index in [-0.39, 0.29) is 10.6 Å². The highest BCUT2D eigenvalue weighted by atomic mass is 79.9. The summed E-state index contributed by atoms with van der Waals surface area (Å²) < 4.78 is 14.6. The Bertz CT molecular complexity index is 412. The number of rotatable bonds is 5. The zero-order chi connectivity index (χ0) is 13.9. The van der Waals surface area contributed by atoms with Crippen molar-refractivity contribution in [3.05, 3.63) is 34.1 Å². The van der Waals surface area contributed by atoms with Gasteiger partial charge in [0, 0.05) is 15.3 Å². The standard InChI is InChI=1S/C15H21BrFNS/c1-3-18-14(15(2)5-4-6-19-15)9-11-7-12(16)10-13(17)8-11/h7-8,10,14,18H,3-6,9H2,1-2H3. The van der Waals surface area contributed by atoms with Crippen LogP contribution in [0.1, 0.15) is 32.3 Å². The largest absolute Gasteiger partial charge is 0.313 e. The average molecular weight is 346 g/mol. The van der Waals surface area contributed by atoms with Gasteiger partial charge >= 0.3 is 0 Å². The minimum absolute atomic E-state index is 0.163. The third kappa shape index (κ3) is 3.96. The Morgan fingerprint density at radius 2 is 2.26 bits per heavy atom. The van der Waals surface area contributed by atoms with Crippen molar-refractivity contribution in [2.45, 2.75) is 43.9 Å². The first-order valence-electron chi connectivity index (χ1n) is 6.86. The molecule has 2 rings (SSSR count). The van der Waals surface area contributed by atoms with Crippen LogP contribution in [0.25, 0.3) is 0 Å². The number of hydrogen-bond donors (Lipinski definition) is 1. The summed E-state index contributed by atoms with van der Waals surface area (Å²) in [6.07, 6.45) is 3.41. The van der Waals surface area contributed by atoms with Crippen LogP contribution in [0, 0.1) is 5.82 Å². The van der Waals surface area contributed by atoms with Gasteiger partial charge in [0.1, 0.15) is 5.82 Å². The molecule has 1 heterocycles. The van der Waals surface area contributed by atoms with Crippen LogP contribution in [-0.2, 0) is 6.42 Å². The van der Waals surface area contributed by atoms with E-state index in [1.165, 1.54) is 24.7 Å². The van der Waals surface area contributed by atoms with Gasteiger partial charge in [-0.05, 0) is 62.2 Å². The first-order valence-corrected chi connectivity index (χ1v) is 8.63. The molecule has 4 heteroatoms. The molecular formula is C15H21BrFNS. The minimum Gasteiger partial charge on any atom is -0.313 e. The van der Waals surface area contributed by atoms with E-state index < -0.39 is 0 Å². The van der Waals surface area contributed by atoms with Crippen molar-refractivity contribution in [3.63, 3.8) is 0 Å². The molecule has 1 saturated heterocycles. The lowest BCUT2D eigenvalue weighted by molar-refractivity contribution is 0.406. The van der Waals surface area contributed by atoms with E-state index in [0.717, 1.165) is 23.0 Å². The molecule has 2 atom stereocenters. The maximum Gasteiger partial charge on any atom is 0.124 e. The Hall–Kier alpha value is -0.0600. The molecule has 1 fully saturated rings. The van der Waals surface area contributed by atoms with Crippen molar-refractivity contribution in [1.82, 2.24) is 5.32 Å². The molecule has 0 bridgehead atoms. The van der Waals surface area contributed by atoms with Gasteiger partial charge in [-0.3, -0.25) is 0 Å². The van der Waals surface area contributed by atoms with Gasteiger partial charge in [-0.25, -0.2) is 4.39 Å². The fourth-order valence-electron chi connectivity index (χ4n) is 2.79. The third-order valence-electron chi connectivity index (χ3n) is 3.80. The summed E-state index contributed by atoms with van der Waals surface area (Å²) in [4.78, 5) is 0. The highest BCUT2D eigenvalue weighted by Gasteiger charge is 2.37. The predicted molar refractivity (Wildman–Crippen MR) is 85.4 cm³/mol. The van der Waals surface area contributed by atoms with E-state index >= 15 is 0 Å². The lowest BCUT2D eigenvalue weighted by atomic mass is 9.90. The van der Waals surface area contributed by atoms with Crippen LogP contribution in [0.3, 0.4) is 0 Å². The maximum atomic E-state index is 13.5. The number of likely N-dealkylation sites (N-methyl/N-ethyl adjacent to an activating group) is 1. The Balaban J connectivity index is 2.15. The van der Waals surface area contributed by atoms with Crippen molar-refractivity contribution in [2.75, 3.05) is 12.3 Å². The van der Waals surface area contributed by atoms with Crippen LogP contribution in [0.2, 0.25) is 0 Å². The van der Waals surface area contributed by atoms with Gasteiger partial charge in [0.15, 0.2) is 0 Å². The normalized spacial score (nSPS) is 24.6. The molecule has 1 N–H and O–H groups in total. The Kier molecular flexibility index (Phi) is 5.32. The van der Waals surface area contributed by atoms with E-state index in [1.807, 2.05) is 6.07 Å². The van der Waals surface area contributed by atoms with E-state index in [9.17, 15) is 4.39 Å².